The Morgan fingerprint density at radius 2 is 2.09 bits per heavy atom. The quantitative estimate of drug-likeness (QED) is 0.592. The highest BCUT2D eigenvalue weighted by Gasteiger charge is 2.53. The highest BCUT2D eigenvalue weighted by Crippen LogP contribution is 2.50. The molecule has 120 valence electrons. The zero-order valence-corrected chi connectivity index (χ0v) is 13.0. The maximum absolute atomic E-state index is 12.3. The molecule has 2 amide bonds. The van der Waals surface area contributed by atoms with Crippen LogP contribution < -0.4 is 15.8 Å². The van der Waals surface area contributed by atoms with Crippen molar-refractivity contribution < 1.29 is 19.1 Å². The van der Waals surface area contributed by atoms with Crippen molar-refractivity contribution in [1.29, 1.82) is 0 Å². The molecule has 1 saturated carbocycles. The van der Waals surface area contributed by atoms with Gasteiger partial charge < -0.3 is 20.5 Å². The number of carbonyl (C=O) groups is 2. The van der Waals surface area contributed by atoms with E-state index in [1.807, 2.05) is 25.1 Å². The molecular formula is C16H22N2O4. The second-order valence-electron chi connectivity index (χ2n) is 5.55. The smallest absolute Gasteiger partial charge is 0.316 e. The van der Waals surface area contributed by atoms with Crippen LogP contribution in [-0.2, 0) is 14.9 Å². The SMILES string of the molecule is COc1cc(C2(C(=O)OCCCNC(N)=O)CC2)ccc1C. The summed E-state index contributed by atoms with van der Waals surface area (Å²) in [5.74, 6) is 0.569. The molecular weight excluding hydrogens is 284 g/mol. The maximum atomic E-state index is 12.3. The van der Waals surface area contributed by atoms with E-state index in [2.05, 4.69) is 5.32 Å². The first kappa shape index (κ1) is 16.1. The second-order valence-corrected chi connectivity index (χ2v) is 5.55. The Labute approximate surface area is 130 Å². The highest BCUT2D eigenvalue weighted by atomic mass is 16.5. The third-order valence-corrected chi connectivity index (χ3v) is 3.95. The number of amides is 2. The van der Waals surface area contributed by atoms with Gasteiger partial charge in [0.25, 0.3) is 0 Å². The first-order valence-electron chi connectivity index (χ1n) is 7.35. The zero-order valence-electron chi connectivity index (χ0n) is 13.0. The van der Waals surface area contributed by atoms with E-state index in [-0.39, 0.29) is 12.6 Å². The fourth-order valence-electron chi connectivity index (χ4n) is 2.44. The van der Waals surface area contributed by atoms with E-state index < -0.39 is 11.4 Å². The van der Waals surface area contributed by atoms with Gasteiger partial charge in [-0.3, -0.25) is 4.79 Å². The van der Waals surface area contributed by atoms with Crippen LogP contribution in [0.5, 0.6) is 5.75 Å². The Hall–Kier alpha value is -2.24. The number of esters is 1. The average Bonchev–Trinajstić information content (AvgIpc) is 3.28. The number of ether oxygens (including phenoxy) is 2. The number of nitrogens with two attached hydrogens (primary N) is 1. The van der Waals surface area contributed by atoms with Crippen LogP contribution in [0.4, 0.5) is 4.79 Å². The van der Waals surface area contributed by atoms with Crippen molar-refractivity contribution in [3.63, 3.8) is 0 Å². The molecule has 0 radical (unpaired) electrons. The number of aryl methyl sites for hydroxylation is 1. The number of nitrogens with one attached hydrogen (secondary N) is 1. The zero-order chi connectivity index (χ0) is 16.2. The molecule has 0 atom stereocenters. The second kappa shape index (κ2) is 6.68. The lowest BCUT2D eigenvalue weighted by Crippen LogP contribution is -2.31. The fourth-order valence-corrected chi connectivity index (χ4v) is 2.44. The van der Waals surface area contributed by atoms with Crippen LogP contribution >= 0.6 is 0 Å². The van der Waals surface area contributed by atoms with Crippen molar-refractivity contribution in [2.45, 2.75) is 31.6 Å². The number of carbonyl (C=O) groups excluding carboxylic acids is 2. The normalized spacial score (nSPS) is 15.0. The van der Waals surface area contributed by atoms with E-state index in [1.165, 1.54) is 0 Å². The summed E-state index contributed by atoms with van der Waals surface area (Å²) in [7, 11) is 1.62. The Morgan fingerprint density at radius 3 is 2.68 bits per heavy atom. The first-order valence-corrected chi connectivity index (χ1v) is 7.35. The monoisotopic (exact) mass is 306 g/mol. The maximum Gasteiger partial charge on any atom is 0.316 e. The van der Waals surface area contributed by atoms with E-state index in [9.17, 15) is 9.59 Å². The Morgan fingerprint density at radius 1 is 1.36 bits per heavy atom. The molecule has 0 heterocycles. The van der Waals surface area contributed by atoms with E-state index >= 15 is 0 Å². The van der Waals surface area contributed by atoms with Gasteiger partial charge in [-0.15, -0.1) is 0 Å². The summed E-state index contributed by atoms with van der Waals surface area (Å²) in [6.07, 6.45) is 2.12. The minimum absolute atomic E-state index is 0.211. The van der Waals surface area contributed by atoms with Crippen molar-refractivity contribution in [1.82, 2.24) is 5.32 Å². The summed E-state index contributed by atoms with van der Waals surface area (Å²) in [5.41, 5.74) is 6.41. The minimum atomic E-state index is -0.572. The van der Waals surface area contributed by atoms with Crippen molar-refractivity contribution in [2.75, 3.05) is 20.3 Å². The number of rotatable bonds is 7. The van der Waals surface area contributed by atoms with Crippen LogP contribution in [0.15, 0.2) is 18.2 Å². The van der Waals surface area contributed by atoms with Crippen LogP contribution in [0.25, 0.3) is 0 Å². The molecule has 0 bridgehead atoms. The van der Waals surface area contributed by atoms with Crippen molar-refractivity contribution >= 4 is 12.0 Å². The van der Waals surface area contributed by atoms with Crippen LogP contribution in [0.2, 0.25) is 0 Å². The van der Waals surface area contributed by atoms with Gasteiger partial charge in [0.2, 0.25) is 0 Å². The van der Waals surface area contributed by atoms with Gasteiger partial charge in [-0.2, -0.15) is 0 Å². The lowest BCUT2D eigenvalue weighted by molar-refractivity contribution is -0.146. The van der Waals surface area contributed by atoms with Gasteiger partial charge in [-0.1, -0.05) is 12.1 Å². The molecule has 2 rings (SSSR count). The summed E-state index contributed by atoms with van der Waals surface area (Å²) < 4.78 is 10.7. The van der Waals surface area contributed by atoms with Gasteiger partial charge in [0, 0.05) is 6.54 Å². The van der Waals surface area contributed by atoms with Crippen LogP contribution in [0.1, 0.15) is 30.4 Å². The molecule has 6 nitrogen and oxygen atoms in total. The molecule has 0 spiro atoms. The lowest BCUT2D eigenvalue weighted by atomic mass is 9.95. The predicted molar refractivity (Wildman–Crippen MR) is 81.8 cm³/mol. The average molecular weight is 306 g/mol. The number of methoxy groups -OCH3 is 1. The Kier molecular flexibility index (Phi) is 4.90. The topological polar surface area (TPSA) is 90.7 Å². The lowest BCUT2D eigenvalue weighted by Gasteiger charge is -2.16. The molecule has 22 heavy (non-hydrogen) atoms. The number of primary amides is 1. The number of urea groups is 1. The third-order valence-electron chi connectivity index (χ3n) is 3.95. The molecule has 6 heteroatoms. The molecule has 1 aliphatic rings. The largest absolute Gasteiger partial charge is 0.496 e. The molecule has 0 aliphatic heterocycles. The molecule has 3 N–H and O–H groups in total. The van der Waals surface area contributed by atoms with Crippen molar-refractivity contribution in [3.8, 4) is 5.75 Å². The molecule has 1 aliphatic carbocycles. The standard InChI is InChI=1S/C16H22N2O4/c1-11-4-5-12(10-13(11)21-2)16(6-7-16)14(19)22-9-3-8-18-15(17)20/h4-5,10H,3,6-9H2,1-2H3,(H3,17,18,20). The van der Waals surface area contributed by atoms with E-state index in [0.717, 1.165) is 29.7 Å². The van der Waals surface area contributed by atoms with Crippen LogP contribution in [-0.4, -0.2) is 32.3 Å². The van der Waals surface area contributed by atoms with E-state index in [4.69, 9.17) is 15.2 Å². The summed E-state index contributed by atoms with van der Waals surface area (Å²) >= 11 is 0. The molecule has 1 aromatic carbocycles. The van der Waals surface area contributed by atoms with Gasteiger partial charge in [-0.25, -0.2) is 4.79 Å². The molecule has 1 fully saturated rings. The summed E-state index contributed by atoms with van der Waals surface area (Å²) in [6.45, 7) is 2.63. The van der Waals surface area contributed by atoms with Gasteiger partial charge >= 0.3 is 12.0 Å². The number of hydrogen-bond acceptors (Lipinski definition) is 4. The first-order chi connectivity index (χ1) is 10.5. The number of hydrogen-bond donors (Lipinski definition) is 2. The van der Waals surface area contributed by atoms with E-state index in [1.54, 1.807) is 7.11 Å². The van der Waals surface area contributed by atoms with Gasteiger partial charge in [0.1, 0.15) is 5.75 Å². The van der Waals surface area contributed by atoms with Crippen LogP contribution in [0.3, 0.4) is 0 Å². The van der Waals surface area contributed by atoms with E-state index in [0.29, 0.717) is 13.0 Å². The highest BCUT2D eigenvalue weighted by molar-refractivity contribution is 5.86. The molecule has 0 unspecified atom stereocenters. The van der Waals surface area contributed by atoms with Crippen LogP contribution in [0, 0.1) is 6.92 Å². The predicted octanol–water partition coefficient (Wildman–Crippen LogP) is 1.64. The molecule has 1 aromatic rings. The fraction of sp³-hybridized carbons (Fsp3) is 0.500. The third kappa shape index (κ3) is 3.50. The summed E-state index contributed by atoms with van der Waals surface area (Å²) in [4.78, 5) is 22.9. The van der Waals surface area contributed by atoms with Crippen molar-refractivity contribution in [2.24, 2.45) is 5.73 Å². The van der Waals surface area contributed by atoms with Gasteiger partial charge in [0.15, 0.2) is 0 Å². The van der Waals surface area contributed by atoms with Gasteiger partial charge in [0.05, 0.1) is 19.1 Å². The minimum Gasteiger partial charge on any atom is -0.496 e. The molecule has 0 saturated heterocycles. The summed E-state index contributed by atoms with van der Waals surface area (Å²) in [5, 5.41) is 2.46. The Balaban J connectivity index is 1.93. The Bertz CT molecular complexity index is 567. The van der Waals surface area contributed by atoms with Gasteiger partial charge in [-0.05, 0) is 43.4 Å². The molecule has 0 aromatic heterocycles. The summed E-state index contributed by atoms with van der Waals surface area (Å²) in [6, 6.07) is 5.26. The van der Waals surface area contributed by atoms with Crippen molar-refractivity contribution in [3.05, 3.63) is 29.3 Å². The number of benzene rings is 1.